The van der Waals surface area contributed by atoms with Crippen molar-refractivity contribution in [3.05, 3.63) is 0 Å². The Hall–Kier alpha value is -0.650. The second-order valence-corrected chi connectivity index (χ2v) is 11.1. The molecule has 0 aromatic heterocycles. The largest absolute Gasteiger partial charge is 0.394 e. The number of aliphatic hydroxyl groups is 4. The molecule has 6 N–H and O–H groups in total. The van der Waals surface area contributed by atoms with Gasteiger partial charge in [-0.1, -0.05) is 41.0 Å². The average molecular weight is 532 g/mol. The van der Waals surface area contributed by atoms with E-state index < -0.39 is 60.6 Å². The van der Waals surface area contributed by atoms with Crippen LogP contribution in [-0.4, -0.2) is 94.8 Å². The molecule has 37 heavy (non-hydrogen) atoms. The molecule has 0 saturated carbocycles. The van der Waals surface area contributed by atoms with Crippen molar-refractivity contribution in [2.75, 3.05) is 13.2 Å². The fourth-order valence-corrected chi connectivity index (χ4v) is 6.42. The van der Waals surface area contributed by atoms with Crippen LogP contribution in [0, 0.1) is 17.3 Å². The van der Waals surface area contributed by atoms with Crippen molar-refractivity contribution in [1.82, 2.24) is 0 Å². The molecule has 9 nitrogen and oxygen atoms in total. The molecule has 0 amide bonds. The van der Waals surface area contributed by atoms with Gasteiger partial charge in [0.05, 0.1) is 55.9 Å². The van der Waals surface area contributed by atoms with Gasteiger partial charge in [0.15, 0.2) is 0 Å². The maximum atomic E-state index is 12.0. The predicted octanol–water partition coefficient (Wildman–Crippen LogP) is 1.95. The number of aldehydes is 1. The van der Waals surface area contributed by atoms with Gasteiger partial charge in [0.1, 0.15) is 18.5 Å². The van der Waals surface area contributed by atoms with E-state index in [9.17, 15) is 25.2 Å². The van der Waals surface area contributed by atoms with Crippen LogP contribution in [0.15, 0.2) is 0 Å². The molecule has 0 bridgehead atoms. The number of hydrogen-bond donors (Lipinski definition) is 5. The molecule has 2 saturated heterocycles. The summed E-state index contributed by atoms with van der Waals surface area (Å²) in [6.45, 7) is 10.2. The van der Waals surface area contributed by atoms with E-state index in [2.05, 4.69) is 0 Å². The first-order chi connectivity index (χ1) is 17.7. The van der Waals surface area contributed by atoms with Gasteiger partial charge in [-0.2, -0.15) is 0 Å². The Morgan fingerprint density at radius 1 is 0.892 bits per heavy atom. The second-order valence-electron chi connectivity index (χ2n) is 11.1. The number of hydrogen-bond acceptors (Lipinski definition) is 9. The summed E-state index contributed by atoms with van der Waals surface area (Å²) in [6.07, 6.45) is 0.795. The molecule has 9 heteroatoms. The first kappa shape index (κ1) is 32.6. The van der Waals surface area contributed by atoms with Crippen molar-refractivity contribution in [2.24, 2.45) is 23.0 Å². The lowest BCUT2D eigenvalue weighted by Crippen LogP contribution is -2.61. The molecule has 0 radical (unpaired) electrons. The molecule has 218 valence electrons. The zero-order valence-corrected chi connectivity index (χ0v) is 23.5. The molecule has 10 unspecified atom stereocenters. The molecular weight excluding hydrogens is 478 g/mol. The molecule has 2 aliphatic heterocycles. The third-order valence-electron chi connectivity index (χ3n) is 9.41. The topological polar surface area (TPSA) is 152 Å². The third kappa shape index (κ3) is 7.31. The van der Waals surface area contributed by atoms with Crippen molar-refractivity contribution < 1.29 is 39.4 Å². The maximum Gasteiger partial charge on any atom is 0.149 e. The Morgan fingerprint density at radius 3 is 2.03 bits per heavy atom. The van der Waals surface area contributed by atoms with Crippen molar-refractivity contribution in [1.29, 1.82) is 0 Å². The number of aliphatic hydroxyl groups excluding tert-OH is 4. The predicted molar refractivity (Wildman–Crippen MR) is 141 cm³/mol. The lowest BCUT2D eigenvalue weighted by molar-refractivity contribution is -0.230. The Kier molecular flexibility index (Phi) is 13.4. The normalized spacial score (nSPS) is 37.2. The van der Waals surface area contributed by atoms with Crippen molar-refractivity contribution >= 4 is 6.29 Å². The zero-order valence-electron chi connectivity index (χ0n) is 23.5. The summed E-state index contributed by atoms with van der Waals surface area (Å²) in [5.74, 6) is -0.973. The highest BCUT2D eigenvalue weighted by molar-refractivity contribution is 5.57. The minimum atomic E-state index is -1.08. The molecule has 2 rings (SSSR count). The van der Waals surface area contributed by atoms with Gasteiger partial charge < -0.3 is 45.2 Å². The van der Waals surface area contributed by atoms with E-state index in [0.29, 0.717) is 19.3 Å². The van der Waals surface area contributed by atoms with Crippen LogP contribution in [0.1, 0.15) is 86.0 Å². The Morgan fingerprint density at radius 2 is 1.51 bits per heavy atom. The standard InChI is InChI=1S/C28H53NO8/c1-6-17(7-2)35-16-19-22(15-31)36-20(23(29)24(19)32)13-11-12-18-21(14-30)37-27(26(34)25(18)33)28(8-3,9-4)10-5/h14,17-27,31-34H,6-13,15-16,29H2,1-5H3. The number of nitrogens with two attached hydrogens (primary N) is 1. The SMILES string of the molecule is CCC(CC)OCC1C(CO)OC(CCCC2C(C=O)OC(C(CC)(CC)CC)C(O)C2O)C(N)C1O. The van der Waals surface area contributed by atoms with Crippen LogP contribution in [-0.2, 0) is 19.0 Å². The van der Waals surface area contributed by atoms with Gasteiger partial charge in [-0.15, -0.1) is 0 Å². The lowest BCUT2D eigenvalue weighted by Gasteiger charge is -2.49. The molecule has 0 spiro atoms. The molecule has 0 aromatic carbocycles. The number of rotatable bonds is 15. The first-order valence-corrected chi connectivity index (χ1v) is 14.5. The number of carbonyl (C=O) groups excluding carboxylic acids is 1. The molecular formula is C28H53NO8. The first-order valence-electron chi connectivity index (χ1n) is 14.5. The molecule has 10 atom stereocenters. The third-order valence-corrected chi connectivity index (χ3v) is 9.41. The van der Waals surface area contributed by atoms with Crippen LogP contribution in [0.2, 0.25) is 0 Å². The monoisotopic (exact) mass is 531 g/mol. The summed E-state index contributed by atoms with van der Waals surface area (Å²) in [5, 5.41) is 42.8. The smallest absolute Gasteiger partial charge is 0.149 e. The minimum Gasteiger partial charge on any atom is -0.394 e. The summed E-state index contributed by atoms with van der Waals surface area (Å²) in [5.41, 5.74) is 6.05. The van der Waals surface area contributed by atoms with Crippen LogP contribution >= 0.6 is 0 Å². The van der Waals surface area contributed by atoms with Gasteiger partial charge in [0.2, 0.25) is 0 Å². The van der Waals surface area contributed by atoms with Crippen LogP contribution in [0.25, 0.3) is 0 Å². The van der Waals surface area contributed by atoms with Gasteiger partial charge in [-0.3, -0.25) is 0 Å². The van der Waals surface area contributed by atoms with Crippen molar-refractivity contribution in [2.45, 2.75) is 141 Å². The Balaban J connectivity index is 2.00. The van der Waals surface area contributed by atoms with E-state index in [0.717, 1.165) is 38.4 Å². The lowest BCUT2D eigenvalue weighted by atomic mass is 9.69. The average Bonchev–Trinajstić information content (AvgIpc) is 2.92. The van der Waals surface area contributed by atoms with E-state index >= 15 is 0 Å². The van der Waals surface area contributed by atoms with Gasteiger partial charge in [0, 0.05) is 11.8 Å². The van der Waals surface area contributed by atoms with Gasteiger partial charge in [-0.25, -0.2) is 0 Å². The van der Waals surface area contributed by atoms with Gasteiger partial charge in [0.25, 0.3) is 0 Å². The fourth-order valence-electron chi connectivity index (χ4n) is 6.42. The molecule has 2 fully saturated rings. The summed E-state index contributed by atoms with van der Waals surface area (Å²) in [4.78, 5) is 12.0. The van der Waals surface area contributed by atoms with Gasteiger partial charge >= 0.3 is 0 Å². The van der Waals surface area contributed by atoms with Crippen LogP contribution < -0.4 is 5.73 Å². The van der Waals surface area contributed by atoms with E-state index in [1.807, 2.05) is 34.6 Å². The molecule has 2 aliphatic rings. The molecule has 0 aromatic rings. The zero-order chi connectivity index (χ0) is 27.8. The highest BCUT2D eigenvalue weighted by Gasteiger charge is 2.51. The van der Waals surface area contributed by atoms with Crippen molar-refractivity contribution in [3.8, 4) is 0 Å². The Bertz CT molecular complexity index is 648. The minimum absolute atomic E-state index is 0.0856. The number of ether oxygens (including phenoxy) is 3. The van der Waals surface area contributed by atoms with E-state index in [1.54, 1.807) is 0 Å². The maximum absolute atomic E-state index is 12.0. The highest BCUT2D eigenvalue weighted by Crippen LogP contribution is 2.43. The Labute approximate surface area is 223 Å². The summed E-state index contributed by atoms with van der Waals surface area (Å²) in [7, 11) is 0. The van der Waals surface area contributed by atoms with E-state index in [4.69, 9.17) is 19.9 Å². The van der Waals surface area contributed by atoms with E-state index in [-0.39, 0.29) is 24.7 Å². The van der Waals surface area contributed by atoms with Crippen LogP contribution in [0.3, 0.4) is 0 Å². The number of carbonyl (C=O) groups is 1. The van der Waals surface area contributed by atoms with Crippen molar-refractivity contribution in [3.63, 3.8) is 0 Å². The second kappa shape index (κ2) is 15.2. The quantitative estimate of drug-likeness (QED) is 0.200. The summed E-state index contributed by atoms with van der Waals surface area (Å²) in [6, 6.07) is -0.651. The molecule has 2 heterocycles. The summed E-state index contributed by atoms with van der Waals surface area (Å²) < 4.78 is 18.2. The molecule has 0 aliphatic carbocycles. The van der Waals surface area contributed by atoms with Crippen LogP contribution in [0.5, 0.6) is 0 Å². The summed E-state index contributed by atoms with van der Waals surface area (Å²) >= 11 is 0. The highest BCUT2D eigenvalue weighted by atomic mass is 16.5. The van der Waals surface area contributed by atoms with Crippen LogP contribution in [0.4, 0.5) is 0 Å². The fraction of sp³-hybridized carbons (Fsp3) is 0.964. The van der Waals surface area contributed by atoms with Gasteiger partial charge in [-0.05, 0) is 50.4 Å². The van der Waals surface area contributed by atoms with E-state index in [1.165, 1.54) is 0 Å².